The molecule has 0 aliphatic carbocycles. The zero-order valence-corrected chi connectivity index (χ0v) is 21.3. The first-order chi connectivity index (χ1) is 16.9. The number of methoxy groups -OCH3 is 1. The van der Waals surface area contributed by atoms with Crippen molar-refractivity contribution in [1.29, 1.82) is 0 Å². The van der Waals surface area contributed by atoms with E-state index in [1.165, 1.54) is 0 Å². The molecule has 5 atom stereocenters. The second-order valence-electron chi connectivity index (χ2n) is 8.72. The number of hydrogen-bond acceptors (Lipinski definition) is 8. The number of esters is 1. The number of carbonyl (C=O) groups excluding carboxylic acids is 1. The highest BCUT2D eigenvalue weighted by Gasteiger charge is 2.48. The normalized spacial score (nSPS) is 25.4. The lowest BCUT2D eigenvalue weighted by Gasteiger charge is -2.37. The number of aliphatic carboxylic acids is 1. The molecule has 1 aliphatic rings. The predicted molar refractivity (Wildman–Crippen MR) is 133 cm³/mol. The fourth-order valence-electron chi connectivity index (χ4n) is 3.69. The van der Waals surface area contributed by atoms with Crippen molar-refractivity contribution in [2.45, 2.75) is 65.3 Å². The van der Waals surface area contributed by atoms with Gasteiger partial charge >= 0.3 is 11.9 Å². The van der Waals surface area contributed by atoms with E-state index in [1.807, 2.05) is 45.1 Å². The van der Waals surface area contributed by atoms with Crippen LogP contribution in [0.15, 0.2) is 47.6 Å². The van der Waals surface area contributed by atoms with Crippen LogP contribution in [0, 0.1) is 20.8 Å². The standard InChI is InChI=1S/C27H34O9/c1-14(10-11-19-16(3)13-20(34-6)18(5)17(19)4)8-7-9-15(2)12-21(28)35-27-24(31)22(29)23(30)25(36-27)26(32)33/h7-13,22-25,27,29-31H,1-6H3,(H,32,33)/b9-7+,11-10+,14-8+,15-12+/t22-,23-,24+,25-,27+/m0/s1. The maximum absolute atomic E-state index is 12.2. The average Bonchev–Trinajstić information content (AvgIpc) is 2.81. The van der Waals surface area contributed by atoms with Gasteiger partial charge in [0.25, 0.3) is 0 Å². The van der Waals surface area contributed by atoms with E-state index in [4.69, 9.17) is 19.3 Å². The van der Waals surface area contributed by atoms with E-state index < -0.39 is 42.6 Å². The van der Waals surface area contributed by atoms with Crippen molar-refractivity contribution in [3.63, 3.8) is 0 Å². The summed E-state index contributed by atoms with van der Waals surface area (Å²) in [5, 5.41) is 38.5. The summed E-state index contributed by atoms with van der Waals surface area (Å²) in [6.45, 7) is 9.70. The van der Waals surface area contributed by atoms with Gasteiger partial charge in [-0.05, 0) is 68.5 Å². The molecule has 9 nitrogen and oxygen atoms in total. The van der Waals surface area contributed by atoms with Gasteiger partial charge in [-0.25, -0.2) is 9.59 Å². The second kappa shape index (κ2) is 12.6. The van der Waals surface area contributed by atoms with Gasteiger partial charge in [0.1, 0.15) is 24.1 Å². The van der Waals surface area contributed by atoms with Gasteiger partial charge in [0.15, 0.2) is 6.10 Å². The van der Waals surface area contributed by atoms with Crippen LogP contribution in [0.1, 0.15) is 36.1 Å². The summed E-state index contributed by atoms with van der Waals surface area (Å²) in [4.78, 5) is 23.3. The van der Waals surface area contributed by atoms with Crippen molar-refractivity contribution in [3.8, 4) is 5.75 Å². The summed E-state index contributed by atoms with van der Waals surface area (Å²) in [6.07, 6.45) is 1.34. The Hall–Kier alpha value is -3.24. The van der Waals surface area contributed by atoms with Crippen LogP contribution in [0.5, 0.6) is 5.75 Å². The number of carbonyl (C=O) groups is 2. The van der Waals surface area contributed by atoms with E-state index in [9.17, 15) is 24.9 Å². The van der Waals surface area contributed by atoms with Gasteiger partial charge in [-0.15, -0.1) is 0 Å². The highest BCUT2D eigenvalue weighted by atomic mass is 16.7. The zero-order valence-electron chi connectivity index (χ0n) is 21.3. The van der Waals surface area contributed by atoms with E-state index in [0.717, 1.165) is 39.7 Å². The molecule has 36 heavy (non-hydrogen) atoms. The van der Waals surface area contributed by atoms with Crippen LogP contribution < -0.4 is 4.74 Å². The Bertz CT molecular complexity index is 1100. The minimum atomic E-state index is -1.86. The molecule has 0 amide bonds. The molecule has 2 rings (SSSR count). The third-order valence-corrected chi connectivity index (χ3v) is 5.95. The number of carboxylic acid groups (broad SMARTS) is 1. The molecule has 1 heterocycles. The summed E-state index contributed by atoms with van der Waals surface area (Å²) in [5.41, 5.74) is 5.96. The van der Waals surface area contributed by atoms with Crippen LogP contribution in [-0.2, 0) is 19.1 Å². The minimum absolute atomic E-state index is 0.520. The highest BCUT2D eigenvalue weighted by Crippen LogP contribution is 2.28. The van der Waals surface area contributed by atoms with E-state index >= 15 is 0 Å². The molecule has 0 unspecified atom stereocenters. The Balaban J connectivity index is 2.03. The molecule has 1 saturated heterocycles. The maximum atomic E-state index is 12.2. The third kappa shape index (κ3) is 7.14. The molecule has 0 bridgehead atoms. The van der Waals surface area contributed by atoms with Gasteiger partial charge in [0, 0.05) is 6.08 Å². The molecule has 1 fully saturated rings. The average molecular weight is 503 g/mol. The lowest BCUT2D eigenvalue weighted by Crippen LogP contribution is -2.60. The lowest BCUT2D eigenvalue weighted by molar-refractivity contribution is -0.284. The summed E-state index contributed by atoms with van der Waals surface area (Å²) in [7, 11) is 1.66. The Morgan fingerprint density at radius 2 is 1.64 bits per heavy atom. The number of aryl methyl sites for hydroxylation is 1. The van der Waals surface area contributed by atoms with Crippen LogP contribution in [0.2, 0.25) is 0 Å². The first-order valence-electron chi connectivity index (χ1n) is 11.4. The third-order valence-electron chi connectivity index (χ3n) is 5.95. The summed E-state index contributed by atoms with van der Waals surface area (Å²) >= 11 is 0. The number of hydrogen-bond donors (Lipinski definition) is 4. The number of aliphatic hydroxyl groups is 3. The SMILES string of the molecule is COc1cc(C)c(/C=C/C(C)=C/C=C/C(C)=C/C(=O)O[C@@H]2O[C@H](C(=O)O)[C@@H](O)[C@H](O)[C@H]2O)c(C)c1C. The number of rotatable bonds is 8. The van der Waals surface area contributed by atoms with Gasteiger partial charge in [0.2, 0.25) is 6.29 Å². The largest absolute Gasteiger partial charge is 0.496 e. The molecule has 196 valence electrons. The minimum Gasteiger partial charge on any atom is -0.496 e. The Morgan fingerprint density at radius 1 is 0.972 bits per heavy atom. The van der Waals surface area contributed by atoms with Crippen molar-refractivity contribution in [2.24, 2.45) is 0 Å². The van der Waals surface area contributed by atoms with E-state index in [-0.39, 0.29) is 0 Å². The van der Waals surface area contributed by atoms with Gasteiger partial charge < -0.3 is 34.6 Å². The molecule has 0 spiro atoms. The zero-order chi connectivity index (χ0) is 27.2. The highest BCUT2D eigenvalue weighted by molar-refractivity contribution is 5.83. The van der Waals surface area contributed by atoms with Crippen molar-refractivity contribution < 1.29 is 44.2 Å². The first kappa shape index (κ1) is 29.0. The fraction of sp³-hybridized carbons (Fsp3) is 0.407. The Morgan fingerprint density at radius 3 is 2.25 bits per heavy atom. The number of aliphatic hydroxyl groups excluding tert-OH is 3. The molecular weight excluding hydrogens is 468 g/mol. The van der Waals surface area contributed by atoms with Crippen molar-refractivity contribution in [2.75, 3.05) is 7.11 Å². The predicted octanol–water partition coefficient (Wildman–Crippen LogP) is 2.52. The first-order valence-corrected chi connectivity index (χ1v) is 11.4. The Kier molecular flexibility index (Phi) is 10.2. The van der Waals surface area contributed by atoms with Crippen LogP contribution in [0.4, 0.5) is 0 Å². The number of allylic oxidation sites excluding steroid dienone is 6. The second-order valence-corrected chi connectivity index (χ2v) is 8.72. The van der Waals surface area contributed by atoms with Crippen LogP contribution in [0.25, 0.3) is 6.08 Å². The molecular formula is C27H34O9. The van der Waals surface area contributed by atoms with E-state index in [0.29, 0.717) is 5.57 Å². The topological polar surface area (TPSA) is 143 Å². The molecule has 0 saturated carbocycles. The van der Waals surface area contributed by atoms with Crippen molar-refractivity contribution in [1.82, 2.24) is 0 Å². The van der Waals surface area contributed by atoms with Crippen molar-refractivity contribution in [3.05, 3.63) is 69.8 Å². The molecule has 1 aliphatic heterocycles. The Labute approximate surface area is 210 Å². The quantitative estimate of drug-likeness (QED) is 0.240. The fourth-order valence-corrected chi connectivity index (χ4v) is 3.69. The molecule has 9 heteroatoms. The molecule has 1 aromatic rings. The summed E-state index contributed by atoms with van der Waals surface area (Å²) < 4.78 is 15.3. The number of benzene rings is 1. The van der Waals surface area contributed by atoms with Crippen LogP contribution in [-0.4, -0.2) is 70.2 Å². The lowest BCUT2D eigenvalue weighted by atomic mass is 9.96. The van der Waals surface area contributed by atoms with Crippen LogP contribution in [0.3, 0.4) is 0 Å². The van der Waals surface area contributed by atoms with Crippen molar-refractivity contribution >= 4 is 18.0 Å². The molecule has 1 aromatic carbocycles. The summed E-state index contributed by atoms with van der Waals surface area (Å²) in [5.74, 6) is -1.61. The smallest absolute Gasteiger partial charge is 0.335 e. The molecule has 4 N–H and O–H groups in total. The monoisotopic (exact) mass is 502 g/mol. The van der Waals surface area contributed by atoms with Gasteiger partial charge in [-0.2, -0.15) is 0 Å². The van der Waals surface area contributed by atoms with Crippen LogP contribution >= 0.6 is 0 Å². The number of ether oxygens (including phenoxy) is 3. The molecule has 0 radical (unpaired) electrons. The molecule has 0 aromatic heterocycles. The van der Waals surface area contributed by atoms with Gasteiger partial charge in [-0.3, -0.25) is 0 Å². The summed E-state index contributed by atoms with van der Waals surface area (Å²) in [6, 6.07) is 2.01. The van der Waals surface area contributed by atoms with E-state index in [2.05, 4.69) is 6.92 Å². The van der Waals surface area contributed by atoms with Gasteiger partial charge in [0.05, 0.1) is 7.11 Å². The number of carboxylic acids is 1. The van der Waals surface area contributed by atoms with E-state index in [1.54, 1.807) is 26.2 Å². The van der Waals surface area contributed by atoms with Gasteiger partial charge in [-0.1, -0.05) is 36.0 Å². The maximum Gasteiger partial charge on any atom is 0.335 e.